The molecule has 10 nitrogen and oxygen atoms in total. The molecule has 4 aromatic rings. The molecule has 1 unspecified atom stereocenters. The van der Waals surface area contributed by atoms with Gasteiger partial charge in [0.05, 0.1) is 11.8 Å². The summed E-state index contributed by atoms with van der Waals surface area (Å²) in [5.41, 5.74) is 8.88. The molecule has 184 valence electrons. The number of halogens is 3. The van der Waals surface area contributed by atoms with E-state index in [2.05, 4.69) is 30.7 Å². The smallest absolute Gasteiger partial charge is 0.416 e. The van der Waals surface area contributed by atoms with Crippen LogP contribution in [0.2, 0.25) is 0 Å². The maximum atomic E-state index is 12.9. The number of aromatic nitrogens is 5. The maximum absolute atomic E-state index is 12.9. The Morgan fingerprint density at radius 2 is 2.08 bits per heavy atom. The minimum Gasteiger partial charge on any atom is -0.443 e. The second kappa shape index (κ2) is 8.83. The minimum absolute atomic E-state index is 0.0792. The monoisotopic (exact) mass is 496 g/mol. The van der Waals surface area contributed by atoms with E-state index >= 15 is 0 Å². The molecule has 4 aromatic heterocycles. The summed E-state index contributed by atoms with van der Waals surface area (Å²) in [7, 11) is 0. The van der Waals surface area contributed by atoms with Crippen molar-refractivity contribution in [3.8, 4) is 11.3 Å². The minimum atomic E-state index is -4.54. The molecule has 0 aliphatic heterocycles. The van der Waals surface area contributed by atoms with Crippen molar-refractivity contribution in [3.05, 3.63) is 72.4 Å². The standard InChI is InChI=1S/C23H19F3N8O2/c1-12-6-14(32-22(35)33-18-7-13(4-5-29-18)23(24,25)26)2-3-15(12)19-16(17-8-28-11-36-17)9-34-20(19)21(27)30-10-31-34/h2-5,7-12H,6H2,1H3,(H2,27,30,31)(H2,29,32,33,35). The Labute approximate surface area is 201 Å². The van der Waals surface area contributed by atoms with Gasteiger partial charge in [0.1, 0.15) is 17.7 Å². The van der Waals surface area contributed by atoms with E-state index in [9.17, 15) is 18.0 Å². The summed E-state index contributed by atoms with van der Waals surface area (Å²) < 4.78 is 45.9. The molecule has 4 N–H and O–H groups in total. The molecule has 0 saturated heterocycles. The first-order chi connectivity index (χ1) is 17.2. The maximum Gasteiger partial charge on any atom is 0.416 e. The third-order valence-corrected chi connectivity index (χ3v) is 5.71. The number of nitrogens with two attached hydrogens (primary N) is 1. The Balaban J connectivity index is 1.42. The van der Waals surface area contributed by atoms with Gasteiger partial charge in [-0.05, 0) is 36.1 Å². The Bertz CT molecular complexity index is 1510. The number of pyridine rings is 1. The van der Waals surface area contributed by atoms with E-state index in [4.69, 9.17) is 10.2 Å². The molecule has 0 saturated carbocycles. The van der Waals surface area contributed by atoms with E-state index in [0.29, 0.717) is 29.2 Å². The molecule has 0 radical (unpaired) electrons. The van der Waals surface area contributed by atoms with Crippen molar-refractivity contribution in [3.63, 3.8) is 0 Å². The Kier molecular flexibility index (Phi) is 5.66. The summed E-state index contributed by atoms with van der Waals surface area (Å²) in [6, 6.07) is 0.897. The van der Waals surface area contributed by atoms with Crippen molar-refractivity contribution >= 4 is 28.8 Å². The van der Waals surface area contributed by atoms with Gasteiger partial charge in [0, 0.05) is 29.2 Å². The van der Waals surface area contributed by atoms with Gasteiger partial charge in [-0.25, -0.2) is 24.3 Å². The van der Waals surface area contributed by atoms with Gasteiger partial charge in [-0.1, -0.05) is 13.0 Å². The van der Waals surface area contributed by atoms with E-state index < -0.39 is 17.8 Å². The molecule has 13 heteroatoms. The average molecular weight is 496 g/mol. The van der Waals surface area contributed by atoms with E-state index in [1.165, 1.54) is 12.7 Å². The normalized spacial score (nSPS) is 15.9. The van der Waals surface area contributed by atoms with Crippen LogP contribution in [0.15, 0.2) is 65.7 Å². The van der Waals surface area contributed by atoms with Crippen LogP contribution < -0.4 is 16.4 Å². The average Bonchev–Trinajstić information content (AvgIpc) is 3.47. The number of carbonyl (C=O) groups excluding carboxylic acids is 1. The van der Waals surface area contributed by atoms with Crippen LogP contribution >= 0.6 is 0 Å². The lowest BCUT2D eigenvalue weighted by Crippen LogP contribution is -2.30. The molecule has 1 aliphatic carbocycles. The number of nitrogens with zero attached hydrogens (tertiary/aromatic N) is 5. The van der Waals surface area contributed by atoms with Gasteiger partial charge in [0.15, 0.2) is 18.0 Å². The third kappa shape index (κ3) is 4.37. The fourth-order valence-corrected chi connectivity index (χ4v) is 4.12. The quantitative estimate of drug-likeness (QED) is 0.378. The first kappa shape index (κ1) is 23.1. The van der Waals surface area contributed by atoms with Crippen molar-refractivity contribution < 1.29 is 22.4 Å². The molecule has 5 rings (SSSR count). The predicted molar refractivity (Wildman–Crippen MR) is 124 cm³/mol. The first-order valence-electron chi connectivity index (χ1n) is 10.7. The van der Waals surface area contributed by atoms with Crippen LogP contribution in [0, 0.1) is 5.92 Å². The van der Waals surface area contributed by atoms with Crippen LogP contribution in [0.3, 0.4) is 0 Å². The summed E-state index contributed by atoms with van der Waals surface area (Å²) in [6.45, 7) is 1.97. The Morgan fingerprint density at radius 3 is 2.81 bits per heavy atom. The molecule has 0 spiro atoms. The molecule has 36 heavy (non-hydrogen) atoms. The number of oxazole rings is 1. The number of carbonyl (C=O) groups is 1. The summed E-state index contributed by atoms with van der Waals surface area (Å²) in [5, 5.41) is 9.26. The molecule has 0 aromatic carbocycles. The highest BCUT2D eigenvalue weighted by Crippen LogP contribution is 2.41. The summed E-state index contributed by atoms with van der Waals surface area (Å²) in [4.78, 5) is 24.3. The van der Waals surface area contributed by atoms with Crippen molar-refractivity contribution in [1.29, 1.82) is 0 Å². The zero-order valence-corrected chi connectivity index (χ0v) is 18.7. The molecular weight excluding hydrogens is 477 g/mol. The van der Waals surface area contributed by atoms with Gasteiger partial charge in [0.2, 0.25) is 0 Å². The summed E-state index contributed by atoms with van der Waals surface area (Å²) in [6.07, 6.45) is 6.50. The molecular formula is C23H19F3N8O2. The second-order valence-corrected chi connectivity index (χ2v) is 8.15. The number of hydrogen-bond acceptors (Lipinski definition) is 7. The number of amides is 2. The van der Waals surface area contributed by atoms with Gasteiger partial charge in [0.25, 0.3) is 0 Å². The highest BCUT2D eigenvalue weighted by molar-refractivity contribution is 5.95. The number of anilines is 2. The van der Waals surface area contributed by atoms with Gasteiger partial charge >= 0.3 is 12.2 Å². The van der Waals surface area contributed by atoms with Crippen molar-refractivity contribution in [2.75, 3.05) is 11.1 Å². The number of allylic oxidation sites excluding steroid dienone is 4. The fraction of sp³-hybridized carbons (Fsp3) is 0.174. The van der Waals surface area contributed by atoms with E-state index in [1.807, 2.05) is 13.0 Å². The van der Waals surface area contributed by atoms with Crippen LogP contribution in [0.25, 0.3) is 22.4 Å². The highest BCUT2D eigenvalue weighted by atomic mass is 19.4. The summed E-state index contributed by atoms with van der Waals surface area (Å²) >= 11 is 0. The zero-order valence-electron chi connectivity index (χ0n) is 18.7. The number of nitrogen functional groups attached to an aromatic ring is 1. The second-order valence-electron chi connectivity index (χ2n) is 8.15. The number of hydrogen-bond donors (Lipinski definition) is 3. The van der Waals surface area contributed by atoms with Crippen LogP contribution in [-0.4, -0.2) is 30.6 Å². The van der Waals surface area contributed by atoms with E-state index in [-0.39, 0.29) is 11.7 Å². The van der Waals surface area contributed by atoms with Crippen molar-refractivity contribution in [2.45, 2.75) is 19.5 Å². The highest BCUT2D eigenvalue weighted by Gasteiger charge is 2.31. The van der Waals surface area contributed by atoms with Crippen molar-refractivity contribution in [1.82, 2.24) is 29.9 Å². The van der Waals surface area contributed by atoms with Crippen LogP contribution in [0.1, 0.15) is 24.5 Å². The van der Waals surface area contributed by atoms with E-state index in [1.54, 1.807) is 23.0 Å². The van der Waals surface area contributed by atoms with Crippen molar-refractivity contribution in [2.24, 2.45) is 5.92 Å². The largest absolute Gasteiger partial charge is 0.443 e. The lowest BCUT2D eigenvalue weighted by atomic mass is 9.85. The number of nitrogens with one attached hydrogen (secondary N) is 2. The molecule has 1 aliphatic rings. The molecule has 0 bridgehead atoms. The number of urea groups is 1. The number of fused-ring (bicyclic) bond motifs is 1. The number of alkyl halides is 3. The molecule has 2 amide bonds. The topological polar surface area (TPSA) is 136 Å². The van der Waals surface area contributed by atoms with Gasteiger partial charge < -0.3 is 15.5 Å². The number of rotatable bonds is 4. The molecule has 4 heterocycles. The lowest BCUT2D eigenvalue weighted by Gasteiger charge is -2.23. The Hall–Kier alpha value is -4.68. The molecule has 1 atom stereocenters. The van der Waals surface area contributed by atoms with Gasteiger partial charge in [-0.15, -0.1) is 0 Å². The third-order valence-electron chi connectivity index (χ3n) is 5.71. The molecule has 0 fully saturated rings. The fourth-order valence-electron chi connectivity index (χ4n) is 4.12. The van der Waals surface area contributed by atoms with Gasteiger partial charge in [-0.2, -0.15) is 18.3 Å². The SMILES string of the molecule is CC1CC(NC(=O)Nc2cc(C(F)(F)F)ccn2)=CC=C1c1c(-c2cnco2)cn2ncnc(N)c12. The summed E-state index contributed by atoms with van der Waals surface area (Å²) in [5.74, 6) is 0.531. The Morgan fingerprint density at radius 1 is 1.25 bits per heavy atom. The van der Waals surface area contributed by atoms with Crippen LogP contribution in [0.5, 0.6) is 0 Å². The predicted octanol–water partition coefficient (Wildman–Crippen LogP) is 4.51. The first-order valence-corrected chi connectivity index (χ1v) is 10.7. The lowest BCUT2D eigenvalue weighted by molar-refractivity contribution is -0.137. The van der Waals surface area contributed by atoms with Crippen LogP contribution in [0.4, 0.5) is 29.6 Å². The van der Waals surface area contributed by atoms with Gasteiger partial charge in [-0.3, -0.25) is 5.32 Å². The van der Waals surface area contributed by atoms with Crippen LogP contribution in [-0.2, 0) is 6.18 Å². The van der Waals surface area contributed by atoms with E-state index in [0.717, 1.165) is 35.0 Å². The zero-order chi connectivity index (χ0) is 25.4.